The zero-order valence-corrected chi connectivity index (χ0v) is 11.4. The number of oxazole rings is 1. The molecule has 1 aromatic heterocycles. The van der Waals surface area contributed by atoms with Gasteiger partial charge in [0.1, 0.15) is 5.69 Å². The quantitative estimate of drug-likeness (QED) is 0.897. The van der Waals surface area contributed by atoms with Crippen molar-refractivity contribution in [2.75, 3.05) is 0 Å². The van der Waals surface area contributed by atoms with Crippen LogP contribution >= 0.6 is 0 Å². The number of aromatic nitrogens is 1. The molecule has 0 amide bonds. The number of hydrogen-bond donors (Lipinski definition) is 1. The van der Waals surface area contributed by atoms with Crippen molar-refractivity contribution in [1.82, 2.24) is 10.3 Å². The lowest BCUT2D eigenvalue weighted by molar-refractivity contribution is 0.421. The second kappa shape index (κ2) is 4.94. The molecular weight excluding hydrogens is 224 g/mol. The number of nitrogens with one attached hydrogen (secondary N) is 1. The van der Waals surface area contributed by atoms with Crippen LogP contribution in [-0.4, -0.2) is 10.5 Å². The molecule has 96 valence electrons. The molecule has 1 heterocycles. The third kappa shape index (κ3) is 2.99. The van der Waals surface area contributed by atoms with Crippen LogP contribution in [-0.2, 0) is 6.54 Å². The number of nitrogens with zero attached hydrogens (tertiary/aromatic N) is 1. The van der Waals surface area contributed by atoms with Gasteiger partial charge in [-0.3, -0.25) is 0 Å². The van der Waals surface area contributed by atoms with Crippen LogP contribution in [0.2, 0.25) is 0 Å². The zero-order valence-electron chi connectivity index (χ0n) is 11.4. The van der Waals surface area contributed by atoms with E-state index in [0.717, 1.165) is 17.0 Å². The molecule has 2 aromatic rings. The molecule has 0 spiro atoms. The van der Waals surface area contributed by atoms with Gasteiger partial charge in [-0.05, 0) is 33.3 Å². The number of hydrogen-bond acceptors (Lipinski definition) is 3. The van der Waals surface area contributed by atoms with E-state index in [4.69, 9.17) is 4.42 Å². The molecule has 0 bridgehead atoms. The van der Waals surface area contributed by atoms with E-state index in [1.54, 1.807) is 0 Å². The molecule has 0 atom stereocenters. The van der Waals surface area contributed by atoms with Crippen LogP contribution in [0.4, 0.5) is 0 Å². The first-order valence-corrected chi connectivity index (χ1v) is 6.21. The standard InChI is InChI=1S/C15H20N2O/c1-11-7-5-6-8-12(11)14-13(16-10-18-14)9-17-15(2,3)4/h5-8,10,17H,9H2,1-4H3. The first kappa shape index (κ1) is 12.8. The molecule has 3 heteroatoms. The Morgan fingerprint density at radius 3 is 2.61 bits per heavy atom. The van der Waals surface area contributed by atoms with E-state index in [9.17, 15) is 0 Å². The molecule has 0 aliphatic heterocycles. The SMILES string of the molecule is Cc1ccccc1-c1ocnc1CNC(C)(C)C. The highest BCUT2D eigenvalue weighted by Crippen LogP contribution is 2.26. The maximum Gasteiger partial charge on any atom is 0.181 e. The van der Waals surface area contributed by atoms with Gasteiger partial charge < -0.3 is 9.73 Å². The molecule has 3 nitrogen and oxygen atoms in total. The lowest BCUT2D eigenvalue weighted by Crippen LogP contribution is -2.35. The molecular formula is C15H20N2O. The van der Waals surface area contributed by atoms with Gasteiger partial charge in [-0.2, -0.15) is 0 Å². The van der Waals surface area contributed by atoms with Gasteiger partial charge in [0.15, 0.2) is 12.2 Å². The molecule has 0 radical (unpaired) electrons. The summed E-state index contributed by atoms with van der Waals surface area (Å²) in [6, 6.07) is 8.20. The largest absolute Gasteiger partial charge is 0.443 e. The van der Waals surface area contributed by atoms with Crippen molar-refractivity contribution in [2.24, 2.45) is 0 Å². The first-order chi connectivity index (χ1) is 8.47. The Bertz CT molecular complexity index is 523. The summed E-state index contributed by atoms with van der Waals surface area (Å²) in [6.45, 7) is 9.21. The summed E-state index contributed by atoms with van der Waals surface area (Å²) in [5.74, 6) is 0.866. The predicted octanol–water partition coefficient (Wildman–Crippen LogP) is 3.54. The zero-order chi connectivity index (χ0) is 13.2. The number of rotatable bonds is 3. The summed E-state index contributed by atoms with van der Waals surface area (Å²) in [4.78, 5) is 4.31. The van der Waals surface area contributed by atoms with E-state index >= 15 is 0 Å². The van der Waals surface area contributed by atoms with Crippen molar-refractivity contribution in [3.8, 4) is 11.3 Å². The molecule has 0 fully saturated rings. The monoisotopic (exact) mass is 244 g/mol. The minimum atomic E-state index is 0.0714. The van der Waals surface area contributed by atoms with E-state index in [0.29, 0.717) is 6.54 Å². The Kier molecular flexibility index (Phi) is 3.53. The average molecular weight is 244 g/mol. The highest BCUT2D eigenvalue weighted by molar-refractivity contribution is 5.63. The van der Waals surface area contributed by atoms with Gasteiger partial charge >= 0.3 is 0 Å². The van der Waals surface area contributed by atoms with Gasteiger partial charge in [0, 0.05) is 17.6 Å². The van der Waals surface area contributed by atoms with Crippen LogP contribution in [0.3, 0.4) is 0 Å². The minimum Gasteiger partial charge on any atom is -0.443 e. The molecule has 0 saturated carbocycles. The molecule has 1 aromatic carbocycles. The minimum absolute atomic E-state index is 0.0714. The fourth-order valence-corrected chi connectivity index (χ4v) is 1.79. The van der Waals surface area contributed by atoms with E-state index in [-0.39, 0.29) is 5.54 Å². The summed E-state index contributed by atoms with van der Waals surface area (Å²) in [6.07, 6.45) is 1.52. The fraction of sp³-hybridized carbons (Fsp3) is 0.400. The van der Waals surface area contributed by atoms with E-state index in [1.807, 2.05) is 12.1 Å². The molecule has 1 N–H and O–H groups in total. The normalized spacial score (nSPS) is 11.8. The second-order valence-electron chi connectivity index (χ2n) is 5.55. The third-order valence-electron chi connectivity index (χ3n) is 2.82. The van der Waals surface area contributed by atoms with Crippen molar-refractivity contribution in [1.29, 1.82) is 0 Å². The highest BCUT2D eigenvalue weighted by atomic mass is 16.3. The lowest BCUT2D eigenvalue weighted by atomic mass is 10.0. The van der Waals surface area contributed by atoms with Crippen molar-refractivity contribution in [2.45, 2.75) is 39.8 Å². The Balaban J connectivity index is 2.26. The fourth-order valence-electron chi connectivity index (χ4n) is 1.79. The topological polar surface area (TPSA) is 38.1 Å². The van der Waals surface area contributed by atoms with E-state index in [2.05, 4.69) is 50.1 Å². The molecule has 0 saturated heterocycles. The maximum absolute atomic E-state index is 5.55. The van der Waals surface area contributed by atoms with Crippen LogP contribution in [0.1, 0.15) is 32.0 Å². The highest BCUT2D eigenvalue weighted by Gasteiger charge is 2.15. The first-order valence-electron chi connectivity index (χ1n) is 6.21. The number of benzene rings is 1. The second-order valence-corrected chi connectivity index (χ2v) is 5.55. The van der Waals surface area contributed by atoms with Crippen LogP contribution in [0.25, 0.3) is 11.3 Å². The van der Waals surface area contributed by atoms with Gasteiger partial charge in [-0.15, -0.1) is 0 Å². The van der Waals surface area contributed by atoms with Crippen molar-refractivity contribution >= 4 is 0 Å². The molecule has 0 aliphatic rings. The van der Waals surface area contributed by atoms with Gasteiger partial charge in [0.25, 0.3) is 0 Å². The van der Waals surface area contributed by atoms with Crippen molar-refractivity contribution < 1.29 is 4.42 Å². The third-order valence-corrected chi connectivity index (χ3v) is 2.82. The Hall–Kier alpha value is -1.61. The van der Waals surface area contributed by atoms with Crippen LogP contribution < -0.4 is 5.32 Å². The van der Waals surface area contributed by atoms with Crippen LogP contribution in [0, 0.1) is 6.92 Å². The summed E-state index contributed by atoms with van der Waals surface area (Å²) in [7, 11) is 0. The van der Waals surface area contributed by atoms with Crippen LogP contribution in [0.5, 0.6) is 0 Å². The summed E-state index contributed by atoms with van der Waals surface area (Å²) >= 11 is 0. The van der Waals surface area contributed by atoms with E-state index in [1.165, 1.54) is 12.0 Å². The molecule has 0 unspecified atom stereocenters. The van der Waals surface area contributed by atoms with Gasteiger partial charge in [-0.1, -0.05) is 24.3 Å². The molecule has 18 heavy (non-hydrogen) atoms. The van der Waals surface area contributed by atoms with Gasteiger partial charge in [0.2, 0.25) is 0 Å². The predicted molar refractivity (Wildman–Crippen MR) is 73.3 cm³/mol. The van der Waals surface area contributed by atoms with Crippen LogP contribution in [0.15, 0.2) is 35.1 Å². The summed E-state index contributed by atoms with van der Waals surface area (Å²) in [5.41, 5.74) is 3.34. The Morgan fingerprint density at radius 1 is 1.22 bits per heavy atom. The smallest absolute Gasteiger partial charge is 0.181 e. The van der Waals surface area contributed by atoms with Gasteiger partial charge in [0.05, 0.1) is 0 Å². The van der Waals surface area contributed by atoms with Crippen molar-refractivity contribution in [3.05, 3.63) is 41.9 Å². The summed E-state index contributed by atoms with van der Waals surface area (Å²) in [5, 5.41) is 3.43. The molecule has 2 rings (SSSR count). The summed E-state index contributed by atoms with van der Waals surface area (Å²) < 4.78 is 5.55. The molecule has 0 aliphatic carbocycles. The maximum atomic E-state index is 5.55. The van der Waals surface area contributed by atoms with Gasteiger partial charge in [-0.25, -0.2) is 4.98 Å². The lowest BCUT2D eigenvalue weighted by Gasteiger charge is -2.19. The average Bonchev–Trinajstić information content (AvgIpc) is 2.74. The van der Waals surface area contributed by atoms with E-state index < -0.39 is 0 Å². The van der Waals surface area contributed by atoms with Crippen molar-refractivity contribution in [3.63, 3.8) is 0 Å². The Morgan fingerprint density at radius 2 is 1.94 bits per heavy atom. The number of aryl methyl sites for hydroxylation is 1. The Labute approximate surface area is 108 Å².